The van der Waals surface area contributed by atoms with Crippen molar-refractivity contribution in [1.29, 1.82) is 0 Å². The molecule has 2 aromatic rings. The number of rotatable bonds is 12. The van der Waals surface area contributed by atoms with Crippen molar-refractivity contribution >= 4 is 23.2 Å². The molecule has 0 aliphatic carbocycles. The molecule has 1 aromatic carbocycles. The summed E-state index contributed by atoms with van der Waals surface area (Å²) < 4.78 is 17.9. The molecule has 0 aliphatic rings. The second-order valence-corrected chi connectivity index (χ2v) is 8.43. The SMILES string of the molecule is CCOS(CCCOCc1cncc(B(O)O)c1)(OCC)c1ccccc1. The Hall–Kier alpha value is -1.42. The molecule has 0 fully saturated rings. The molecule has 6 nitrogen and oxygen atoms in total. The highest BCUT2D eigenvalue weighted by atomic mass is 32.3. The Kier molecular flexibility index (Phi) is 9.27. The van der Waals surface area contributed by atoms with Crippen molar-refractivity contribution in [3.63, 3.8) is 0 Å². The molecule has 0 atom stereocenters. The fourth-order valence-corrected chi connectivity index (χ4v) is 5.33. The van der Waals surface area contributed by atoms with E-state index < -0.39 is 17.7 Å². The van der Waals surface area contributed by atoms with Crippen molar-refractivity contribution < 1.29 is 23.2 Å². The molecule has 8 heteroatoms. The predicted molar refractivity (Wildman–Crippen MR) is 109 cm³/mol. The van der Waals surface area contributed by atoms with Crippen LogP contribution in [-0.4, -0.2) is 47.7 Å². The van der Waals surface area contributed by atoms with Crippen LogP contribution in [0.4, 0.5) is 0 Å². The van der Waals surface area contributed by atoms with E-state index >= 15 is 0 Å². The molecular formula is C19H28BNO5S. The number of benzene rings is 1. The van der Waals surface area contributed by atoms with Crippen LogP contribution in [0.15, 0.2) is 53.7 Å². The summed E-state index contributed by atoms with van der Waals surface area (Å²) in [6.07, 6.45) is 3.88. The van der Waals surface area contributed by atoms with Gasteiger partial charge in [0.15, 0.2) is 0 Å². The molecule has 2 N–H and O–H groups in total. The van der Waals surface area contributed by atoms with Crippen molar-refractivity contribution in [1.82, 2.24) is 4.98 Å². The van der Waals surface area contributed by atoms with Gasteiger partial charge in [-0.1, -0.05) is 24.3 Å². The van der Waals surface area contributed by atoms with E-state index in [1.54, 1.807) is 12.3 Å². The van der Waals surface area contributed by atoms with E-state index in [-0.39, 0.29) is 0 Å². The van der Waals surface area contributed by atoms with E-state index in [4.69, 9.17) is 13.1 Å². The Morgan fingerprint density at radius 2 is 1.74 bits per heavy atom. The Balaban J connectivity index is 1.91. The second kappa shape index (κ2) is 11.4. The number of ether oxygens (including phenoxy) is 1. The standard InChI is InChI=1S/C19H28BNO5S/c1-3-25-27(26-4-2,19-9-6-5-7-10-19)12-8-11-24-16-17-13-18(20(22)23)15-21-14-17/h5-7,9-10,13-15,22-23H,3-4,8,11-12,16H2,1-2H3. The summed E-state index contributed by atoms with van der Waals surface area (Å²) in [4.78, 5) is 5.08. The maximum atomic E-state index is 9.21. The van der Waals surface area contributed by atoms with Gasteiger partial charge in [0.2, 0.25) is 0 Å². The quantitative estimate of drug-likeness (QED) is 0.426. The van der Waals surface area contributed by atoms with Crippen LogP contribution in [0.2, 0.25) is 0 Å². The molecule has 148 valence electrons. The molecule has 0 unspecified atom stereocenters. The third-order valence-electron chi connectivity index (χ3n) is 3.80. The van der Waals surface area contributed by atoms with Gasteiger partial charge >= 0.3 is 7.12 Å². The van der Waals surface area contributed by atoms with Gasteiger partial charge in [-0.15, -0.1) is 0 Å². The Bertz CT molecular complexity index is 668. The summed E-state index contributed by atoms with van der Waals surface area (Å²) in [7, 11) is -3.32. The zero-order chi connectivity index (χ0) is 19.5. The molecule has 0 saturated heterocycles. The fraction of sp³-hybridized carbons (Fsp3) is 0.421. The lowest BCUT2D eigenvalue weighted by molar-refractivity contribution is 0.121. The third kappa shape index (κ3) is 6.60. The first kappa shape index (κ1) is 21.9. The van der Waals surface area contributed by atoms with Crippen LogP contribution in [0.5, 0.6) is 0 Å². The molecule has 1 heterocycles. The molecule has 27 heavy (non-hydrogen) atoms. The maximum absolute atomic E-state index is 9.21. The summed E-state index contributed by atoms with van der Waals surface area (Å²) in [5.74, 6) is 0.756. The van der Waals surface area contributed by atoms with Gasteiger partial charge in [-0.2, -0.15) is 10.6 Å². The minimum atomic E-state index is -1.80. The van der Waals surface area contributed by atoms with Gasteiger partial charge < -0.3 is 14.8 Å². The molecule has 1 aromatic heterocycles. The molecular weight excluding hydrogens is 365 g/mol. The van der Waals surface area contributed by atoms with Gasteiger partial charge in [-0.25, -0.2) is 0 Å². The minimum absolute atomic E-state index is 0.358. The Morgan fingerprint density at radius 1 is 1.04 bits per heavy atom. The van der Waals surface area contributed by atoms with Gasteiger partial charge in [0.1, 0.15) is 0 Å². The first-order chi connectivity index (χ1) is 13.1. The fourth-order valence-electron chi connectivity index (χ4n) is 2.68. The largest absolute Gasteiger partial charge is 0.490 e. The van der Waals surface area contributed by atoms with Crippen molar-refractivity contribution in [3.8, 4) is 0 Å². The molecule has 0 bridgehead atoms. The van der Waals surface area contributed by atoms with Crippen molar-refractivity contribution in [3.05, 3.63) is 54.4 Å². The average Bonchev–Trinajstić information content (AvgIpc) is 2.69. The number of nitrogens with zero attached hydrogens (tertiary/aromatic N) is 1. The van der Waals surface area contributed by atoms with Gasteiger partial charge in [0.25, 0.3) is 0 Å². The van der Waals surface area contributed by atoms with Gasteiger partial charge in [0, 0.05) is 30.2 Å². The van der Waals surface area contributed by atoms with Gasteiger partial charge in [0.05, 0.1) is 24.7 Å². The lowest BCUT2D eigenvalue weighted by Gasteiger charge is -2.43. The van der Waals surface area contributed by atoms with Crippen molar-refractivity contribution in [2.45, 2.75) is 31.8 Å². The molecule has 0 amide bonds. The summed E-state index contributed by atoms with van der Waals surface area (Å²) in [5, 5.41) is 18.4. The lowest BCUT2D eigenvalue weighted by Crippen LogP contribution is -2.30. The van der Waals surface area contributed by atoms with Crippen LogP contribution in [0, 0.1) is 0 Å². The Morgan fingerprint density at radius 3 is 2.37 bits per heavy atom. The van der Waals surface area contributed by atoms with Crippen LogP contribution in [0.25, 0.3) is 0 Å². The summed E-state index contributed by atoms with van der Waals surface area (Å²) in [6.45, 7) is 6.06. The minimum Gasteiger partial charge on any atom is -0.423 e. The smallest absolute Gasteiger partial charge is 0.423 e. The molecule has 0 saturated carbocycles. The molecule has 0 spiro atoms. The predicted octanol–water partition coefficient (Wildman–Crippen LogP) is 2.43. The van der Waals surface area contributed by atoms with Crippen LogP contribution in [-0.2, 0) is 19.7 Å². The highest BCUT2D eigenvalue weighted by Crippen LogP contribution is 2.58. The first-order valence-electron chi connectivity index (χ1n) is 9.14. The summed E-state index contributed by atoms with van der Waals surface area (Å²) in [6, 6.07) is 11.8. The topological polar surface area (TPSA) is 81.0 Å². The summed E-state index contributed by atoms with van der Waals surface area (Å²) >= 11 is 0. The Labute approximate surface area is 163 Å². The van der Waals surface area contributed by atoms with Gasteiger partial charge in [-0.05, 0) is 38.0 Å². The number of pyridine rings is 1. The van der Waals surface area contributed by atoms with E-state index in [9.17, 15) is 10.0 Å². The maximum Gasteiger partial charge on any atom is 0.490 e. The normalized spacial score (nSPS) is 12.1. The second-order valence-electron chi connectivity index (χ2n) is 5.85. The van der Waals surface area contributed by atoms with Crippen LogP contribution >= 0.6 is 10.6 Å². The van der Waals surface area contributed by atoms with E-state index in [0.717, 1.165) is 22.6 Å². The number of aromatic nitrogens is 1. The third-order valence-corrected chi connectivity index (χ3v) is 6.85. The first-order valence-corrected chi connectivity index (χ1v) is 10.8. The highest BCUT2D eigenvalue weighted by Gasteiger charge is 2.23. The zero-order valence-corrected chi connectivity index (χ0v) is 16.7. The van der Waals surface area contributed by atoms with E-state index in [2.05, 4.69) is 17.1 Å². The van der Waals surface area contributed by atoms with Crippen molar-refractivity contribution in [2.24, 2.45) is 0 Å². The number of hydrogen-bond acceptors (Lipinski definition) is 6. The van der Waals surface area contributed by atoms with E-state index in [0.29, 0.717) is 31.9 Å². The van der Waals surface area contributed by atoms with E-state index in [1.165, 1.54) is 6.20 Å². The van der Waals surface area contributed by atoms with Crippen molar-refractivity contribution in [2.75, 3.05) is 25.6 Å². The highest BCUT2D eigenvalue weighted by molar-refractivity contribution is 8.25. The number of hydrogen-bond donors (Lipinski definition) is 2. The van der Waals surface area contributed by atoms with Crippen LogP contribution < -0.4 is 5.46 Å². The van der Waals surface area contributed by atoms with E-state index in [1.807, 2.05) is 32.0 Å². The van der Waals surface area contributed by atoms with Crippen LogP contribution in [0.3, 0.4) is 0 Å². The molecule has 2 rings (SSSR count). The molecule has 0 radical (unpaired) electrons. The van der Waals surface area contributed by atoms with Crippen LogP contribution in [0.1, 0.15) is 25.8 Å². The average molecular weight is 393 g/mol. The van der Waals surface area contributed by atoms with Gasteiger partial charge in [-0.3, -0.25) is 13.4 Å². The molecule has 0 aliphatic heterocycles. The monoisotopic (exact) mass is 393 g/mol. The zero-order valence-electron chi connectivity index (χ0n) is 15.9. The lowest BCUT2D eigenvalue weighted by atomic mass is 9.81. The summed E-state index contributed by atoms with van der Waals surface area (Å²) in [5.41, 5.74) is 1.16.